The minimum absolute atomic E-state index is 0.131. The second-order valence-electron chi connectivity index (χ2n) is 6.90. The summed E-state index contributed by atoms with van der Waals surface area (Å²) >= 11 is 5.73. The Hall–Kier alpha value is -1.91. The third-order valence-corrected chi connectivity index (χ3v) is 5.18. The molecule has 2 aromatic rings. The van der Waals surface area contributed by atoms with Gasteiger partial charge in [-0.3, -0.25) is 4.79 Å². The van der Waals surface area contributed by atoms with Gasteiger partial charge in [0.15, 0.2) is 0 Å². The van der Waals surface area contributed by atoms with Crippen molar-refractivity contribution >= 4 is 23.2 Å². The van der Waals surface area contributed by atoms with Gasteiger partial charge >= 0.3 is 0 Å². The molecule has 0 spiro atoms. The molecule has 2 aromatic carbocycles. The number of carbonyl (C=O) groups is 1. The van der Waals surface area contributed by atoms with Gasteiger partial charge in [0.05, 0.1) is 5.69 Å². The largest absolute Gasteiger partial charge is 0.324 e. The highest BCUT2D eigenvalue weighted by Gasteiger charge is 2.21. The van der Waals surface area contributed by atoms with E-state index in [1.54, 1.807) is 6.07 Å². The third kappa shape index (κ3) is 5.55. The van der Waals surface area contributed by atoms with Gasteiger partial charge in [-0.05, 0) is 62.0 Å². The lowest BCUT2D eigenvalue weighted by Crippen LogP contribution is -2.36. The van der Waals surface area contributed by atoms with Crippen LogP contribution in [0.3, 0.4) is 0 Å². The molecule has 3 rings (SSSR count). The van der Waals surface area contributed by atoms with Crippen LogP contribution in [0, 0.1) is 11.7 Å². The topological polar surface area (TPSA) is 32.3 Å². The molecule has 5 heteroatoms. The first-order valence-corrected chi connectivity index (χ1v) is 9.49. The number of amides is 1. The van der Waals surface area contributed by atoms with Crippen LogP contribution in [-0.2, 0) is 11.2 Å². The van der Waals surface area contributed by atoms with Crippen LogP contribution in [-0.4, -0.2) is 30.4 Å². The highest BCUT2D eigenvalue weighted by molar-refractivity contribution is 6.30. The second-order valence-corrected chi connectivity index (χ2v) is 7.33. The van der Waals surface area contributed by atoms with Gasteiger partial charge in [0.2, 0.25) is 5.91 Å². The fourth-order valence-electron chi connectivity index (χ4n) is 3.40. The van der Waals surface area contributed by atoms with Gasteiger partial charge in [0.1, 0.15) is 5.82 Å². The van der Waals surface area contributed by atoms with Gasteiger partial charge in [-0.15, -0.1) is 0 Å². The standard InChI is InChI=1S/C21H24ClFN2O/c22-18-6-7-20(19(23)15-18)24-21(26)14-17-9-12-25(13-10-17)11-8-16-4-2-1-3-5-16/h1-7,15,17H,8-14H2,(H,24,26). The van der Waals surface area contributed by atoms with Crippen LogP contribution in [0.25, 0.3) is 0 Å². The van der Waals surface area contributed by atoms with E-state index < -0.39 is 5.82 Å². The minimum atomic E-state index is -0.499. The molecule has 0 aromatic heterocycles. The molecule has 26 heavy (non-hydrogen) atoms. The van der Waals surface area contributed by atoms with Gasteiger partial charge in [-0.1, -0.05) is 41.9 Å². The van der Waals surface area contributed by atoms with Crippen LogP contribution in [0.2, 0.25) is 5.02 Å². The molecule has 0 aliphatic carbocycles. The summed E-state index contributed by atoms with van der Waals surface area (Å²) in [5, 5.41) is 2.98. The number of likely N-dealkylation sites (tertiary alicyclic amines) is 1. The number of piperidine rings is 1. The molecule has 138 valence electrons. The smallest absolute Gasteiger partial charge is 0.224 e. The average molecular weight is 375 g/mol. The fourth-order valence-corrected chi connectivity index (χ4v) is 3.56. The molecule has 1 aliphatic heterocycles. The van der Waals surface area contributed by atoms with E-state index in [2.05, 4.69) is 34.5 Å². The summed E-state index contributed by atoms with van der Waals surface area (Å²) < 4.78 is 13.8. The first-order chi connectivity index (χ1) is 12.6. The van der Waals surface area contributed by atoms with Crippen molar-refractivity contribution in [2.75, 3.05) is 25.0 Å². The van der Waals surface area contributed by atoms with E-state index in [4.69, 9.17) is 11.6 Å². The lowest BCUT2D eigenvalue weighted by Gasteiger charge is -2.31. The normalized spacial score (nSPS) is 15.8. The molecule has 0 saturated carbocycles. The van der Waals surface area contributed by atoms with Gasteiger partial charge in [-0.25, -0.2) is 4.39 Å². The number of hydrogen-bond acceptors (Lipinski definition) is 2. The maximum Gasteiger partial charge on any atom is 0.224 e. The van der Waals surface area contributed by atoms with Crippen molar-refractivity contribution < 1.29 is 9.18 Å². The molecule has 1 amide bonds. The average Bonchev–Trinajstić information content (AvgIpc) is 2.64. The molecular formula is C21H24ClFN2O. The number of nitrogens with one attached hydrogen (secondary N) is 1. The van der Waals surface area contributed by atoms with E-state index in [0.717, 1.165) is 38.9 Å². The Kier molecular flexibility index (Phi) is 6.64. The summed E-state index contributed by atoms with van der Waals surface area (Å²) in [4.78, 5) is 14.6. The quantitative estimate of drug-likeness (QED) is 0.790. The van der Waals surface area contributed by atoms with Crippen molar-refractivity contribution in [1.29, 1.82) is 0 Å². The van der Waals surface area contributed by atoms with Gasteiger partial charge < -0.3 is 10.2 Å². The maximum atomic E-state index is 13.8. The van der Waals surface area contributed by atoms with Crippen molar-refractivity contribution in [3.63, 3.8) is 0 Å². The van der Waals surface area contributed by atoms with E-state index in [1.807, 2.05) is 6.07 Å². The molecule has 1 saturated heterocycles. The summed E-state index contributed by atoms with van der Waals surface area (Å²) in [6.45, 7) is 3.08. The molecule has 1 aliphatic rings. The lowest BCUT2D eigenvalue weighted by molar-refractivity contribution is -0.117. The number of anilines is 1. The number of nitrogens with zero attached hydrogens (tertiary/aromatic N) is 1. The van der Waals surface area contributed by atoms with Crippen LogP contribution in [0.4, 0.5) is 10.1 Å². The van der Waals surface area contributed by atoms with Crippen molar-refractivity contribution in [3.05, 3.63) is 64.9 Å². The van der Waals surface area contributed by atoms with Crippen LogP contribution < -0.4 is 5.32 Å². The Labute approximate surface area is 159 Å². The van der Waals surface area contributed by atoms with Crippen LogP contribution in [0.5, 0.6) is 0 Å². The Morgan fingerprint density at radius 2 is 1.88 bits per heavy atom. The second kappa shape index (κ2) is 9.15. The fraction of sp³-hybridized carbons (Fsp3) is 0.381. The number of rotatable bonds is 6. The predicted octanol–water partition coefficient (Wildman–Crippen LogP) is 4.76. The molecule has 0 unspecified atom stereocenters. The summed E-state index contributed by atoms with van der Waals surface area (Å²) in [5.74, 6) is -0.270. The van der Waals surface area contributed by atoms with Gasteiger partial charge in [-0.2, -0.15) is 0 Å². The number of hydrogen-bond donors (Lipinski definition) is 1. The van der Waals surface area contributed by atoms with E-state index in [-0.39, 0.29) is 11.6 Å². The zero-order valence-electron chi connectivity index (χ0n) is 14.8. The zero-order valence-corrected chi connectivity index (χ0v) is 15.5. The molecule has 1 N–H and O–H groups in total. The SMILES string of the molecule is O=C(CC1CCN(CCc2ccccc2)CC1)Nc1ccc(Cl)cc1F. The Morgan fingerprint density at radius 1 is 1.15 bits per heavy atom. The first-order valence-electron chi connectivity index (χ1n) is 9.11. The lowest BCUT2D eigenvalue weighted by atomic mass is 9.93. The number of halogens is 2. The zero-order chi connectivity index (χ0) is 18.4. The van der Waals surface area contributed by atoms with E-state index in [1.165, 1.54) is 17.7 Å². The van der Waals surface area contributed by atoms with E-state index in [0.29, 0.717) is 17.4 Å². The van der Waals surface area contributed by atoms with Crippen LogP contribution >= 0.6 is 11.6 Å². The highest BCUT2D eigenvalue weighted by Crippen LogP contribution is 2.23. The monoisotopic (exact) mass is 374 g/mol. The summed E-state index contributed by atoms with van der Waals surface area (Å²) in [7, 11) is 0. The van der Waals surface area contributed by atoms with Crippen molar-refractivity contribution in [2.45, 2.75) is 25.7 Å². The Bertz CT molecular complexity index is 730. The number of carbonyl (C=O) groups excluding carboxylic acids is 1. The maximum absolute atomic E-state index is 13.8. The summed E-state index contributed by atoms with van der Waals surface area (Å²) in [5.41, 5.74) is 1.55. The molecule has 1 fully saturated rings. The molecular weight excluding hydrogens is 351 g/mol. The van der Waals surface area contributed by atoms with Crippen molar-refractivity contribution in [1.82, 2.24) is 4.90 Å². The molecule has 3 nitrogen and oxygen atoms in total. The van der Waals surface area contributed by atoms with Crippen LogP contribution in [0.15, 0.2) is 48.5 Å². The Morgan fingerprint density at radius 3 is 2.58 bits per heavy atom. The Balaban J connectivity index is 1.40. The third-order valence-electron chi connectivity index (χ3n) is 4.95. The van der Waals surface area contributed by atoms with Crippen molar-refractivity contribution in [3.8, 4) is 0 Å². The van der Waals surface area contributed by atoms with Gasteiger partial charge in [0.25, 0.3) is 0 Å². The van der Waals surface area contributed by atoms with E-state index in [9.17, 15) is 9.18 Å². The van der Waals surface area contributed by atoms with Crippen LogP contribution in [0.1, 0.15) is 24.8 Å². The minimum Gasteiger partial charge on any atom is -0.324 e. The molecule has 0 bridgehead atoms. The van der Waals surface area contributed by atoms with E-state index >= 15 is 0 Å². The summed E-state index contributed by atoms with van der Waals surface area (Å²) in [6, 6.07) is 14.8. The molecule has 1 heterocycles. The molecule has 0 radical (unpaired) electrons. The predicted molar refractivity (Wildman–Crippen MR) is 104 cm³/mol. The number of benzene rings is 2. The molecule has 0 atom stereocenters. The van der Waals surface area contributed by atoms with Crippen molar-refractivity contribution in [2.24, 2.45) is 5.92 Å². The first kappa shape index (κ1) is 18.9. The highest BCUT2D eigenvalue weighted by atomic mass is 35.5. The van der Waals surface area contributed by atoms with Gasteiger partial charge in [0, 0.05) is 18.0 Å². The summed E-state index contributed by atoms with van der Waals surface area (Å²) in [6.07, 6.45) is 3.51.